The van der Waals surface area contributed by atoms with Crippen LogP contribution in [-0.2, 0) is 0 Å². The van der Waals surface area contributed by atoms with Crippen molar-refractivity contribution in [3.8, 4) is 0 Å². The van der Waals surface area contributed by atoms with Crippen LogP contribution in [0.5, 0.6) is 0 Å². The molecule has 0 aliphatic carbocycles. The summed E-state index contributed by atoms with van der Waals surface area (Å²) >= 11 is 0. The molecule has 0 fully saturated rings. The van der Waals surface area contributed by atoms with Crippen molar-refractivity contribution in [1.29, 1.82) is 0 Å². The Labute approximate surface area is 68.4 Å². The van der Waals surface area contributed by atoms with Crippen LogP contribution in [0.2, 0.25) is 0 Å². The number of nitrogens with one attached hydrogen (secondary N) is 2. The molecule has 62 valence electrons. The van der Waals surface area contributed by atoms with Crippen molar-refractivity contribution in [3.05, 3.63) is 24.6 Å². The van der Waals surface area contributed by atoms with Crippen LogP contribution in [0.4, 0.5) is 0 Å². The Morgan fingerprint density at radius 2 is 2.18 bits per heavy atom. The van der Waals surface area contributed by atoms with E-state index in [1.807, 2.05) is 12.4 Å². The fourth-order valence-corrected chi connectivity index (χ4v) is 0.989. The van der Waals surface area contributed by atoms with E-state index in [4.69, 9.17) is 0 Å². The SMILES string of the molecule is C1=CNCC1.CC1CC=CN1. The topological polar surface area (TPSA) is 24.1 Å². The van der Waals surface area contributed by atoms with Crippen molar-refractivity contribution in [2.75, 3.05) is 6.54 Å². The van der Waals surface area contributed by atoms with Gasteiger partial charge < -0.3 is 10.6 Å². The molecule has 2 heterocycles. The molecule has 2 aliphatic rings. The summed E-state index contributed by atoms with van der Waals surface area (Å²) in [5.74, 6) is 0. The van der Waals surface area contributed by atoms with Gasteiger partial charge in [-0.05, 0) is 32.2 Å². The average Bonchev–Trinajstić information content (AvgIpc) is 2.57. The first-order valence-corrected chi connectivity index (χ1v) is 4.19. The summed E-state index contributed by atoms with van der Waals surface area (Å²) in [6.45, 7) is 3.31. The lowest BCUT2D eigenvalue weighted by molar-refractivity contribution is 0.690. The third-order valence-corrected chi connectivity index (χ3v) is 1.68. The molecular formula is C9H16N2. The largest absolute Gasteiger partial charge is 0.391 e. The van der Waals surface area contributed by atoms with Crippen molar-refractivity contribution in [1.82, 2.24) is 10.6 Å². The van der Waals surface area contributed by atoms with Gasteiger partial charge in [-0.2, -0.15) is 0 Å². The highest BCUT2D eigenvalue weighted by Gasteiger charge is 1.97. The second kappa shape index (κ2) is 4.83. The zero-order chi connectivity index (χ0) is 7.94. The monoisotopic (exact) mass is 152 g/mol. The van der Waals surface area contributed by atoms with Crippen LogP contribution >= 0.6 is 0 Å². The average molecular weight is 152 g/mol. The molecule has 2 nitrogen and oxygen atoms in total. The molecule has 1 unspecified atom stereocenters. The van der Waals surface area contributed by atoms with Gasteiger partial charge in [-0.25, -0.2) is 0 Å². The van der Waals surface area contributed by atoms with E-state index in [-0.39, 0.29) is 0 Å². The molecule has 2 rings (SSSR count). The van der Waals surface area contributed by atoms with Crippen LogP contribution in [0.1, 0.15) is 19.8 Å². The van der Waals surface area contributed by atoms with Crippen LogP contribution in [-0.4, -0.2) is 12.6 Å². The summed E-state index contributed by atoms with van der Waals surface area (Å²) in [6, 6.07) is 0.685. The molecular weight excluding hydrogens is 136 g/mol. The highest BCUT2D eigenvalue weighted by molar-refractivity contribution is 4.92. The van der Waals surface area contributed by atoms with Crippen molar-refractivity contribution in [3.63, 3.8) is 0 Å². The first kappa shape index (κ1) is 8.18. The van der Waals surface area contributed by atoms with E-state index < -0.39 is 0 Å². The van der Waals surface area contributed by atoms with Crippen LogP contribution in [0.3, 0.4) is 0 Å². The highest BCUT2D eigenvalue weighted by Crippen LogP contribution is 1.96. The molecule has 2 aliphatic heterocycles. The molecule has 0 radical (unpaired) electrons. The van der Waals surface area contributed by atoms with E-state index in [0.717, 1.165) is 6.54 Å². The van der Waals surface area contributed by atoms with Gasteiger partial charge in [-0.15, -0.1) is 0 Å². The van der Waals surface area contributed by atoms with Crippen LogP contribution in [0.15, 0.2) is 24.6 Å². The fourth-order valence-electron chi connectivity index (χ4n) is 0.989. The maximum atomic E-state index is 3.14. The van der Waals surface area contributed by atoms with E-state index in [9.17, 15) is 0 Å². The predicted molar refractivity (Wildman–Crippen MR) is 48.1 cm³/mol. The molecule has 0 saturated heterocycles. The van der Waals surface area contributed by atoms with E-state index in [1.165, 1.54) is 12.8 Å². The molecule has 2 heteroatoms. The highest BCUT2D eigenvalue weighted by atomic mass is 14.9. The minimum atomic E-state index is 0.685. The van der Waals surface area contributed by atoms with Crippen LogP contribution in [0, 0.1) is 0 Å². The Morgan fingerprint density at radius 3 is 2.36 bits per heavy atom. The molecule has 0 spiro atoms. The molecule has 0 aromatic heterocycles. The van der Waals surface area contributed by atoms with Crippen LogP contribution < -0.4 is 10.6 Å². The lowest BCUT2D eigenvalue weighted by atomic mass is 10.3. The molecule has 0 aromatic carbocycles. The van der Waals surface area contributed by atoms with Gasteiger partial charge in [0.15, 0.2) is 0 Å². The lowest BCUT2D eigenvalue weighted by Gasteiger charge is -1.97. The summed E-state index contributed by atoms with van der Waals surface area (Å²) in [6.07, 6.45) is 10.7. The number of rotatable bonds is 0. The summed E-state index contributed by atoms with van der Waals surface area (Å²) in [5, 5.41) is 6.18. The smallest absolute Gasteiger partial charge is 0.0262 e. The normalized spacial score (nSPS) is 25.4. The number of hydrogen-bond acceptors (Lipinski definition) is 2. The van der Waals surface area contributed by atoms with Crippen molar-refractivity contribution in [2.45, 2.75) is 25.8 Å². The molecule has 0 saturated carbocycles. The van der Waals surface area contributed by atoms with E-state index in [1.54, 1.807) is 0 Å². The zero-order valence-corrected chi connectivity index (χ0v) is 7.01. The van der Waals surface area contributed by atoms with E-state index in [2.05, 4.69) is 29.7 Å². The van der Waals surface area contributed by atoms with Gasteiger partial charge in [-0.3, -0.25) is 0 Å². The Kier molecular flexibility index (Phi) is 3.59. The van der Waals surface area contributed by atoms with Crippen molar-refractivity contribution < 1.29 is 0 Å². The zero-order valence-electron chi connectivity index (χ0n) is 7.01. The van der Waals surface area contributed by atoms with Crippen LogP contribution in [0.25, 0.3) is 0 Å². The van der Waals surface area contributed by atoms with E-state index >= 15 is 0 Å². The third-order valence-electron chi connectivity index (χ3n) is 1.68. The van der Waals surface area contributed by atoms with Gasteiger partial charge in [0.1, 0.15) is 0 Å². The number of hydrogen-bond donors (Lipinski definition) is 2. The second-order valence-corrected chi connectivity index (χ2v) is 2.85. The first-order valence-electron chi connectivity index (χ1n) is 4.19. The van der Waals surface area contributed by atoms with Gasteiger partial charge in [0.2, 0.25) is 0 Å². The van der Waals surface area contributed by atoms with Gasteiger partial charge in [-0.1, -0.05) is 12.2 Å². The summed E-state index contributed by atoms with van der Waals surface area (Å²) in [5.41, 5.74) is 0. The maximum absolute atomic E-state index is 3.14. The molecule has 0 aromatic rings. The maximum Gasteiger partial charge on any atom is 0.0262 e. The molecule has 0 amide bonds. The summed E-state index contributed by atoms with van der Waals surface area (Å²) < 4.78 is 0. The lowest BCUT2D eigenvalue weighted by Crippen LogP contribution is -2.12. The Morgan fingerprint density at radius 1 is 1.27 bits per heavy atom. The first-order chi connectivity index (χ1) is 5.39. The quantitative estimate of drug-likeness (QED) is 0.548. The van der Waals surface area contributed by atoms with E-state index in [0.29, 0.717) is 6.04 Å². The van der Waals surface area contributed by atoms with Gasteiger partial charge in [0, 0.05) is 12.6 Å². The molecule has 11 heavy (non-hydrogen) atoms. The van der Waals surface area contributed by atoms with Gasteiger partial charge in [0.25, 0.3) is 0 Å². The minimum absolute atomic E-state index is 0.685. The second-order valence-electron chi connectivity index (χ2n) is 2.85. The fraction of sp³-hybridized carbons (Fsp3) is 0.556. The Hall–Kier alpha value is -0.920. The van der Waals surface area contributed by atoms with Crippen molar-refractivity contribution >= 4 is 0 Å². The van der Waals surface area contributed by atoms with Crippen molar-refractivity contribution in [2.24, 2.45) is 0 Å². The predicted octanol–water partition coefficient (Wildman–Crippen LogP) is 1.38. The Bertz CT molecular complexity index is 136. The summed E-state index contributed by atoms with van der Waals surface area (Å²) in [4.78, 5) is 0. The van der Waals surface area contributed by atoms with Gasteiger partial charge >= 0.3 is 0 Å². The minimum Gasteiger partial charge on any atom is -0.391 e. The van der Waals surface area contributed by atoms with Gasteiger partial charge in [0.05, 0.1) is 0 Å². The third kappa shape index (κ3) is 3.71. The summed E-state index contributed by atoms with van der Waals surface area (Å²) in [7, 11) is 0. The molecule has 1 atom stereocenters. The standard InChI is InChI=1S/C5H9N.C4H7N/c1-5-3-2-4-6-5;1-2-4-5-3-1/h2,4-6H,3H2,1H3;1,3,5H,2,4H2. The Balaban J connectivity index is 0.000000112. The molecule has 2 N–H and O–H groups in total. The molecule has 0 bridgehead atoms.